The van der Waals surface area contributed by atoms with E-state index in [1.165, 1.54) is 0 Å². The number of nitrogens with zero attached hydrogens (tertiary/aromatic N) is 1. The van der Waals surface area contributed by atoms with Gasteiger partial charge in [-0.05, 0) is 37.6 Å². The molecule has 1 aromatic rings. The van der Waals surface area contributed by atoms with Gasteiger partial charge in [-0.2, -0.15) is 0 Å². The number of benzene rings is 1. The molecular weight excluding hydrogens is 254 g/mol. The van der Waals surface area contributed by atoms with E-state index in [0.717, 1.165) is 43.8 Å². The van der Waals surface area contributed by atoms with E-state index in [4.69, 9.17) is 9.84 Å². The number of rotatable bonds is 4. The topological polar surface area (TPSA) is 52.9 Å². The zero-order valence-corrected chi connectivity index (χ0v) is 11.6. The molecule has 1 aliphatic heterocycles. The van der Waals surface area contributed by atoms with Crippen LogP contribution < -0.4 is 4.74 Å². The Morgan fingerprint density at radius 1 is 1.40 bits per heavy atom. The van der Waals surface area contributed by atoms with E-state index in [0.29, 0.717) is 6.61 Å². The molecule has 0 amide bonds. The van der Waals surface area contributed by atoms with Crippen molar-refractivity contribution in [1.82, 2.24) is 4.90 Å². The first kappa shape index (κ1) is 14.9. The van der Waals surface area contributed by atoms with Crippen LogP contribution in [0.1, 0.15) is 18.4 Å². The maximum atomic E-state index is 9.60. The first-order valence-electron chi connectivity index (χ1n) is 7.01. The van der Waals surface area contributed by atoms with Crippen molar-refractivity contribution in [3.05, 3.63) is 29.8 Å². The van der Waals surface area contributed by atoms with Crippen LogP contribution in [0.5, 0.6) is 5.75 Å². The predicted molar refractivity (Wildman–Crippen MR) is 77.6 cm³/mol. The minimum Gasteiger partial charge on any atom is -0.492 e. The van der Waals surface area contributed by atoms with E-state index < -0.39 is 0 Å². The Morgan fingerprint density at radius 2 is 2.30 bits per heavy atom. The molecule has 20 heavy (non-hydrogen) atoms. The second-order valence-corrected chi connectivity index (χ2v) is 4.93. The molecule has 1 saturated heterocycles. The fourth-order valence-corrected chi connectivity index (χ4v) is 2.33. The molecule has 0 radical (unpaired) electrons. The first-order valence-corrected chi connectivity index (χ1v) is 7.01. The minimum absolute atomic E-state index is 0.137. The SMILES string of the molecule is OCC#Cc1cccc(OCCN2CCCC(O)C2)c1. The highest BCUT2D eigenvalue weighted by atomic mass is 16.5. The molecular formula is C16H21NO3. The second kappa shape index (κ2) is 7.91. The average Bonchev–Trinajstić information content (AvgIpc) is 2.46. The summed E-state index contributed by atoms with van der Waals surface area (Å²) in [6.45, 7) is 3.06. The summed E-state index contributed by atoms with van der Waals surface area (Å²) in [7, 11) is 0. The van der Waals surface area contributed by atoms with Gasteiger partial charge in [0.2, 0.25) is 0 Å². The maximum Gasteiger partial charge on any atom is 0.120 e. The van der Waals surface area contributed by atoms with Crippen LogP contribution in [0.2, 0.25) is 0 Å². The van der Waals surface area contributed by atoms with Gasteiger partial charge in [0.05, 0.1) is 6.10 Å². The Bertz CT molecular complexity index is 478. The fourth-order valence-electron chi connectivity index (χ4n) is 2.33. The Hall–Kier alpha value is -1.54. The van der Waals surface area contributed by atoms with Crippen LogP contribution in [0.15, 0.2) is 24.3 Å². The summed E-state index contributed by atoms with van der Waals surface area (Å²) in [5.74, 6) is 6.26. The molecule has 0 bridgehead atoms. The molecule has 0 aromatic heterocycles. The second-order valence-electron chi connectivity index (χ2n) is 4.93. The summed E-state index contributed by atoms with van der Waals surface area (Å²) in [5.41, 5.74) is 0.838. The predicted octanol–water partition coefficient (Wildman–Crippen LogP) is 0.866. The number of hydrogen-bond donors (Lipinski definition) is 2. The molecule has 4 nitrogen and oxygen atoms in total. The molecule has 1 aliphatic rings. The van der Waals surface area contributed by atoms with E-state index in [2.05, 4.69) is 16.7 Å². The smallest absolute Gasteiger partial charge is 0.120 e. The fraction of sp³-hybridized carbons (Fsp3) is 0.500. The third-order valence-electron chi connectivity index (χ3n) is 3.30. The number of likely N-dealkylation sites (tertiary alicyclic amines) is 1. The van der Waals surface area contributed by atoms with Crippen LogP contribution in [0.25, 0.3) is 0 Å². The van der Waals surface area contributed by atoms with Crippen molar-refractivity contribution in [2.75, 3.05) is 32.8 Å². The lowest BCUT2D eigenvalue weighted by molar-refractivity contribution is 0.0633. The van der Waals surface area contributed by atoms with Crippen LogP contribution in [0, 0.1) is 11.8 Å². The third-order valence-corrected chi connectivity index (χ3v) is 3.30. The lowest BCUT2D eigenvalue weighted by atomic mass is 10.1. The molecule has 108 valence electrons. The highest BCUT2D eigenvalue weighted by molar-refractivity contribution is 5.39. The molecule has 1 fully saturated rings. The monoisotopic (exact) mass is 275 g/mol. The highest BCUT2D eigenvalue weighted by Gasteiger charge is 2.16. The van der Waals surface area contributed by atoms with Crippen molar-refractivity contribution >= 4 is 0 Å². The quantitative estimate of drug-likeness (QED) is 0.801. The van der Waals surface area contributed by atoms with Crippen LogP contribution in [0.4, 0.5) is 0 Å². The summed E-state index contributed by atoms with van der Waals surface area (Å²) in [6.07, 6.45) is 1.76. The molecule has 4 heteroatoms. The van der Waals surface area contributed by atoms with Gasteiger partial charge < -0.3 is 14.9 Å². The molecule has 0 aliphatic carbocycles. The number of aliphatic hydroxyl groups is 2. The molecule has 1 heterocycles. The molecule has 2 rings (SSSR count). The van der Waals surface area contributed by atoms with Crippen molar-refractivity contribution in [3.63, 3.8) is 0 Å². The Kier molecular flexibility index (Phi) is 5.87. The average molecular weight is 275 g/mol. The van der Waals surface area contributed by atoms with Gasteiger partial charge in [-0.25, -0.2) is 0 Å². The number of aliphatic hydroxyl groups excluding tert-OH is 2. The van der Waals surface area contributed by atoms with Crippen LogP contribution in [-0.2, 0) is 0 Å². The molecule has 0 saturated carbocycles. The van der Waals surface area contributed by atoms with Crippen LogP contribution in [-0.4, -0.2) is 54.1 Å². The van der Waals surface area contributed by atoms with E-state index in [9.17, 15) is 5.11 Å². The lowest BCUT2D eigenvalue weighted by Crippen LogP contribution is -2.40. The summed E-state index contributed by atoms with van der Waals surface area (Å²) >= 11 is 0. The minimum atomic E-state index is -0.194. The van der Waals surface area contributed by atoms with Crippen molar-refractivity contribution in [2.45, 2.75) is 18.9 Å². The van der Waals surface area contributed by atoms with E-state index in [1.54, 1.807) is 0 Å². The summed E-state index contributed by atoms with van der Waals surface area (Å²) < 4.78 is 5.71. The molecule has 1 unspecified atom stereocenters. The zero-order valence-electron chi connectivity index (χ0n) is 11.6. The van der Waals surface area contributed by atoms with Crippen molar-refractivity contribution in [1.29, 1.82) is 0 Å². The van der Waals surface area contributed by atoms with Crippen LogP contribution in [0.3, 0.4) is 0 Å². The van der Waals surface area contributed by atoms with Gasteiger partial charge in [0, 0.05) is 18.7 Å². The molecule has 1 atom stereocenters. The lowest BCUT2D eigenvalue weighted by Gasteiger charge is -2.29. The number of piperidine rings is 1. The Balaban J connectivity index is 1.79. The molecule has 2 N–H and O–H groups in total. The molecule has 0 spiro atoms. The normalized spacial score (nSPS) is 19.2. The Labute approximate surface area is 120 Å². The standard InChI is InChI=1S/C16H21NO3/c18-10-3-5-14-4-1-7-16(12-14)20-11-9-17-8-2-6-15(19)13-17/h1,4,7,12,15,18-19H,2,6,8-11,13H2. The van der Waals surface area contributed by atoms with Crippen molar-refractivity contribution < 1.29 is 14.9 Å². The number of ether oxygens (including phenoxy) is 1. The summed E-state index contributed by atoms with van der Waals surface area (Å²) in [5, 5.41) is 18.3. The Morgan fingerprint density at radius 3 is 3.10 bits per heavy atom. The third kappa shape index (κ3) is 4.86. The first-order chi connectivity index (χ1) is 9.78. The summed E-state index contributed by atoms with van der Waals surface area (Å²) in [6, 6.07) is 7.54. The maximum absolute atomic E-state index is 9.60. The number of β-amino-alcohol motifs (C(OH)–C–C–N with tert-alkyl or cyclic N) is 1. The van der Waals surface area contributed by atoms with Crippen molar-refractivity contribution in [3.8, 4) is 17.6 Å². The van der Waals surface area contributed by atoms with E-state index in [1.807, 2.05) is 24.3 Å². The van der Waals surface area contributed by atoms with E-state index >= 15 is 0 Å². The van der Waals surface area contributed by atoms with E-state index in [-0.39, 0.29) is 12.7 Å². The van der Waals surface area contributed by atoms with Crippen molar-refractivity contribution in [2.24, 2.45) is 0 Å². The molecule has 1 aromatic carbocycles. The summed E-state index contributed by atoms with van der Waals surface area (Å²) in [4.78, 5) is 2.23. The van der Waals surface area contributed by atoms with Gasteiger partial charge in [-0.3, -0.25) is 4.90 Å². The van der Waals surface area contributed by atoms with Gasteiger partial charge in [0.15, 0.2) is 0 Å². The van der Waals surface area contributed by atoms with Gasteiger partial charge in [-0.1, -0.05) is 17.9 Å². The van der Waals surface area contributed by atoms with Gasteiger partial charge in [-0.15, -0.1) is 0 Å². The van der Waals surface area contributed by atoms with Gasteiger partial charge in [0.1, 0.15) is 19.0 Å². The zero-order chi connectivity index (χ0) is 14.2. The van der Waals surface area contributed by atoms with Gasteiger partial charge in [0.25, 0.3) is 0 Å². The number of hydrogen-bond acceptors (Lipinski definition) is 4. The highest BCUT2D eigenvalue weighted by Crippen LogP contribution is 2.13. The van der Waals surface area contributed by atoms with Gasteiger partial charge >= 0.3 is 0 Å². The van der Waals surface area contributed by atoms with Crippen LogP contribution >= 0.6 is 0 Å². The largest absolute Gasteiger partial charge is 0.492 e.